The predicted molar refractivity (Wildman–Crippen MR) is 114 cm³/mol. The van der Waals surface area contributed by atoms with Gasteiger partial charge in [-0.25, -0.2) is 0 Å². The van der Waals surface area contributed by atoms with E-state index in [0.29, 0.717) is 19.4 Å². The van der Waals surface area contributed by atoms with Gasteiger partial charge in [0.2, 0.25) is 0 Å². The predicted octanol–water partition coefficient (Wildman–Crippen LogP) is 6.89. The van der Waals surface area contributed by atoms with Crippen LogP contribution in [0.3, 0.4) is 0 Å². The van der Waals surface area contributed by atoms with Gasteiger partial charge in [-0.05, 0) is 51.0 Å². The summed E-state index contributed by atoms with van der Waals surface area (Å²) in [4.78, 5) is 15.7. The van der Waals surface area contributed by atoms with Crippen LogP contribution >= 0.6 is 0 Å². The highest BCUT2D eigenvalue weighted by Gasteiger charge is 2.03. The molecule has 0 amide bonds. The van der Waals surface area contributed by atoms with E-state index in [9.17, 15) is 9.18 Å². The molecule has 3 nitrogen and oxygen atoms in total. The number of hydrogen-bond acceptors (Lipinski definition) is 3. The number of pyridine rings is 1. The lowest BCUT2D eigenvalue weighted by molar-refractivity contribution is -0.145. The van der Waals surface area contributed by atoms with E-state index in [1.165, 1.54) is 19.3 Å². The Morgan fingerprint density at radius 1 is 0.929 bits per heavy atom. The van der Waals surface area contributed by atoms with Crippen molar-refractivity contribution >= 4 is 5.97 Å². The average Bonchev–Trinajstić information content (AvgIpc) is 2.72. The zero-order valence-electron chi connectivity index (χ0n) is 17.2. The SMILES string of the molecule is O=C(CCCCCCC/C=C\C/C=C\CCCCCF)OCc1cccnc1. The maximum atomic E-state index is 11.9. The Bertz CT molecular complexity index is 543. The molecule has 0 N–H and O–H groups in total. The molecule has 1 rings (SSSR count). The standard InChI is InChI=1S/C24H36FNO2/c25-19-15-13-11-9-7-5-3-1-2-4-6-8-10-12-14-18-24(27)28-22-23-17-16-20-26-21-23/h1-2,5,7,16-17,20-21H,3-4,6,8-15,18-19,22H2/b2-1-,7-5-. The van der Waals surface area contributed by atoms with Crippen molar-refractivity contribution in [3.63, 3.8) is 0 Å². The molecule has 28 heavy (non-hydrogen) atoms. The molecule has 1 heterocycles. The number of esters is 1. The van der Waals surface area contributed by atoms with Crippen molar-refractivity contribution in [1.82, 2.24) is 4.98 Å². The van der Waals surface area contributed by atoms with Crippen molar-refractivity contribution in [3.8, 4) is 0 Å². The molecule has 0 atom stereocenters. The molecule has 0 aliphatic heterocycles. The van der Waals surface area contributed by atoms with Crippen LogP contribution in [0.5, 0.6) is 0 Å². The summed E-state index contributed by atoms with van der Waals surface area (Å²) < 4.78 is 17.2. The minimum atomic E-state index is -0.189. The normalized spacial score (nSPS) is 11.5. The third-order valence-corrected chi connectivity index (χ3v) is 4.48. The van der Waals surface area contributed by atoms with E-state index in [1.54, 1.807) is 12.4 Å². The number of aromatic nitrogens is 1. The summed E-state index contributed by atoms with van der Waals surface area (Å²) in [6.07, 6.45) is 24.3. The van der Waals surface area contributed by atoms with Crippen molar-refractivity contribution in [2.24, 2.45) is 0 Å². The maximum Gasteiger partial charge on any atom is 0.306 e. The summed E-state index contributed by atoms with van der Waals surface area (Å²) in [7, 11) is 0. The van der Waals surface area contributed by atoms with Gasteiger partial charge < -0.3 is 4.74 Å². The van der Waals surface area contributed by atoms with Gasteiger partial charge in [-0.2, -0.15) is 0 Å². The Morgan fingerprint density at radius 3 is 2.29 bits per heavy atom. The lowest BCUT2D eigenvalue weighted by atomic mass is 10.1. The van der Waals surface area contributed by atoms with Crippen LogP contribution in [0.25, 0.3) is 0 Å². The molecule has 0 unspecified atom stereocenters. The third kappa shape index (κ3) is 15.1. The molecule has 0 aliphatic rings. The van der Waals surface area contributed by atoms with Crippen molar-refractivity contribution in [2.45, 2.75) is 83.7 Å². The molecule has 0 aliphatic carbocycles. The number of nitrogens with zero attached hydrogens (tertiary/aromatic N) is 1. The summed E-state index contributed by atoms with van der Waals surface area (Å²) in [5.74, 6) is -0.123. The van der Waals surface area contributed by atoms with Gasteiger partial charge in [-0.15, -0.1) is 0 Å². The number of unbranched alkanes of at least 4 members (excludes halogenated alkanes) is 8. The second-order valence-electron chi connectivity index (χ2n) is 7.05. The van der Waals surface area contributed by atoms with Crippen molar-refractivity contribution < 1.29 is 13.9 Å². The highest BCUT2D eigenvalue weighted by molar-refractivity contribution is 5.69. The highest BCUT2D eigenvalue weighted by Crippen LogP contribution is 2.09. The van der Waals surface area contributed by atoms with Crippen LogP contribution < -0.4 is 0 Å². The Kier molecular flexibility index (Phi) is 15.8. The number of hydrogen-bond donors (Lipinski definition) is 0. The van der Waals surface area contributed by atoms with E-state index >= 15 is 0 Å². The topological polar surface area (TPSA) is 39.2 Å². The van der Waals surface area contributed by atoms with Gasteiger partial charge >= 0.3 is 5.97 Å². The first-order valence-corrected chi connectivity index (χ1v) is 10.7. The van der Waals surface area contributed by atoms with Crippen LogP contribution in [-0.4, -0.2) is 17.6 Å². The largest absolute Gasteiger partial charge is 0.461 e. The quantitative estimate of drug-likeness (QED) is 0.165. The summed E-state index contributed by atoms with van der Waals surface area (Å²) in [6.45, 7) is 0.124. The summed E-state index contributed by atoms with van der Waals surface area (Å²) in [5, 5.41) is 0. The van der Waals surface area contributed by atoms with Gasteiger partial charge in [-0.3, -0.25) is 14.2 Å². The second-order valence-corrected chi connectivity index (χ2v) is 7.05. The summed E-state index contributed by atoms with van der Waals surface area (Å²) >= 11 is 0. The van der Waals surface area contributed by atoms with Crippen molar-refractivity contribution in [1.29, 1.82) is 0 Å². The van der Waals surface area contributed by atoms with Crippen LogP contribution in [0, 0.1) is 0 Å². The third-order valence-electron chi connectivity index (χ3n) is 4.48. The molecule has 0 fully saturated rings. The van der Waals surface area contributed by atoms with E-state index in [1.807, 2.05) is 12.1 Å². The van der Waals surface area contributed by atoms with Gasteiger partial charge in [0.1, 0.15) is 6.61 Å². The van der Waals surface area contributed by atoms with Crippen molar-refractivity contribution in [3.05, 3.63) is 54.4 Å². The van der Waals surface area contributed by atoms with Gasteiger partial charge in [0.25, 0.3) is 0 Å². The first kappa shape index (κ1) is 24.1. The fourth-order valence-electron chi connectivity index (χ4n) is 2.82. The van der Waals surface area contributed by atoms with Crippen LogP contribution in [0.2, 0.25) is 0 Å². The van der Waals surface area contributed by atoms with Crippen molar-refractivity contribution in [2.75, 3.05) is 6.67 Å². The first-order valence-electron chi connectivity index (χ1n) is 10.7. The number of halogens is 1. The van der Waals surface area contributed by atoms with E-state index < -0.39 is 0 Å². The molecule has 0 saturated heterocycles. The number of alkyl halides is 1. The summed E-state index contributed by atoms with van der Waals surface area (Å²) in [5.41, 5.74) is 0.924. The lowest BCUT2D eigenvalue weighted by Gasteiger charge is -2.04. The first-order chi connectivity index (χ1) is 13.8. The molecule has 0 saturated carbocycles. The minimum absolute atomic E-state index is 0.123. The van der Waals surface area contributed by atoms with Gasteiger partial charge in [0, 0.05) is 24.4 Å². The molecule has 0 bridgehead atoms. The Morgan fingerprint density at radius 2 is 1.61 bits per heavy atom. The van der Waals surface area contributed by atoms with Crippen LogP contribution in [0.1, 0.15) is 82.6 Å². The average molecular weight is 390 g/mol. The number of rotatable bonds is 17. The van der Waals surface area contributed by atoms with E-state index in [2.05, 4.69) is 29.3 Å². The van der Waals surface area contributed by atoms with Gasteiger partial charge in [0.15, 0.2) is 0 Å². The zero-order valence-corrected chi connectivity index (χ0v) is 17.2. The molecule has 4 heteroatoms. The van der Waals surface area contributed by atoms with Gasteiger partial charge in [0.05, 0.1) is 6.67 Å². The van der Waals surface area contributed by atoms with Crippen LogP contribution in [0.15, 0.2) is 48.8 Å². The molecular formula is C24H36FNO2. The zero-order chi connectivity index (χ0) is 20.1. The Labute approximate surface area is 170 Å². The molecule has 0 spiro atoms. The van der Waals surface area contributed by atoms with Crippen LogP contribution in [0.4, 0.5) is 4.39 Å². The van der Waals surface area contributed by atoms with E-state index in [-0.39, 0.29) is 12.6 Å². The minimum Gasteiger partial charge on any atom is -0.461 e. The van der Waals surface area contributed by atoms with Gasteiger partial charge in [-0.1, -0.05) is 56.1 Å². The second kappa shape index (κ2) is 18.4. The molecule has 0 radical (unpaired) electrons. The summed E-state index contributed by atoms with van der Waals surface area (Å²) in [6, 6.07) is 3.75. The molecule has 1 aromatic rings. The Hall–Kier alpha value is -1.97. The fourth-order valence-corrected chi connectivity index (χ4v) is 2.82. The van der Waals surface area contributed by atoms with E-state index in [4.69, 9.17) is 4.74 Å². The number of carbonyl (C=O) groups excluding carboxylic acids is 1. The molecule has 1 aromatic heterocycles. The smallest absolute Gasteiger partial charge is 0.306 e. The monoisotopic (exact) mass is 389 g/mol. The number of allylic oxidation sites excluding steroid dienone is 4. The van der Waals surface area contributed by atoms with Crippen LogP contribution in [-0.2, 0) is 16.1 Å². The lowest BCUT2D eigenvalue weighted by Crippen LogP contribution is -2.04. The van der Waals surface area contributed by atoms with E-state index in [0.717, 1.165) is 50.5 Å². The molecular weight excluding hydrogens is 353 g/mol. The highest BCUT2D eigenvalue weighted by atomic mass is 19.1. The molecule has 0 aromatic carbocycles. The molecule has 156 valence electrons. The maximum absolute atomic E-state index is 11.9. The Balaban J connectivity index is 1.84. The number of ether oxygens (including phenoxy) is 1. The fraction of sp³-hybridized carbons (Fsp3) is 0.583. The number of carbonyl (C=O) groups is 1.